The summed E-state index contributed by atoms with van der Waals surface area (Å²) >= 11 is 0. The van der Waals surface area contributed by atoms with Crippen molar-refractivity contribution < 1.29 is 9.53 Å². The van der Waals surface area contributed by atoms with Gasteiger partial charge in [-0.1, -0.05) is 13.8 Å². The molecule has 5 heteroatoms. The molecule has 0 bridgehead atoms. The molecule has 0 saturated carbocycles. The molecule has 3 heterocycles. The van der Waals surface area contributed by atoms with E-state index in [0.717, 1.165) is 76.2 Å². The fourth-order valence-electron chi connectivity index (χ4n) is 3.92. The molecular formula is C19H31N3O2. The lowest BCUT2D eigenvalue weighted by molar-refractivity contribution is -0.0175. The Bertz CT molecular complexity index is 563. The second-order valence-corrected chi connectivity index (χ2v) is 7.95. The Morgan fingerprint density at radius 3 is 2.54 bits per heavy atom. The van der Waals surface area contributed by atoms with Crippen LogP contribution in [0.4, 0.5) is 0 Å². The van der Waals surface area contributed by atoms with Crippen LogP contribution in [0.3, 0.4) is 0 Å². The molecule has 1 spiro atoms. The zero-order valence-corrected chi connectivity index (χ0v) is 15.4. The van der Waals surface area contributed by atoms with Crippen LogP contribution in [-0.2, 0) is 11.3 Å². The minimum Gasteiger partial charge on any atom is -0.381 e. The summed E-state index contributed by atoms with van der Waals surface area (Å²) in [5.74, 6) is 0.802. The summed E-state index contributed by atoms with van der Waals surface area (Å²) in [6, 6.07) is 0. The van der Waals surface area contributed by atoms with E-state index in [1.54, 1.807) is 6.20 Å². The summed E-state index contributed by atoms with van der Waals surface area (Å²) in [5, 5.41) is 4.44. The molecule has 0 unspecified atom stereocenters. The van der Waals surface area contributed by atoms with Crippen LogP contribution in [0.5, 0.6) is 0 Å². The van der Waals surface area contributed by atoms with Gasteiger partial charge in [-0.25, -0.2) is 0 Å². The Morgan fingerprint density at radius 2 is 1.92 bits per heavy atom. The van der Waals surface area contributed by atoms with E-state index < -0.39 is 0 Å². The molecule has 24 heavy (non-hydrogen) atoms. The lowest BCUT2D eigenvalue weighted by Crippen LogP contribution is -2.45. The molecule has 2 aliphatic heterocycles. The maximum Gasteiger partial charge on any atom is 0.257 e. The predicted octanol–water partition coefficient (Wildman–Crippen LogP) is 3.27. The maximum absolute atomic E-state index is 12.9. The van der Waals surface area contributed by atoms with Crippen LogP contribution in [0.1, 0.15) is 62.0 Å². The van der Waals surface area contributed by atoms with Gasteiger partial charge in [-0.15, -0.1) is 0 Å². The van der Waals surface area contributed by atoms with Crippen LogP contribution < -0.4 is 0 Å². The van der Waals surface area contributed by atoms with Crippen molar-refractivity contribution in [1.29, 1.82) is 0 Å². The van der Waals surface area contributed by atoms with E-state index in [4.69, 9.17) is 4.74 Å². The van der Waals surface area contributed by atoms with E-state index in [0.29, 0.717) is 11.3 Å². The molecule has 2 aliphatic rings. The number of likely N-dealkylation sites (tertiary alicyclic amines) is 1. The smallest absolute Gasteiger partial charge is 0.257 e. The molecule has 0 aromatic carbocycles. The Balaban J connectivity index is 1.61. The minimum atomic E-state index is 0.158. The SMILES string of the molecule is Cc1c(C(=O)N2CCC3(CCOCC3)CC2)cnn1CCC(C)C. The molecule has 0 atom stereocenters. The first-order chi connectivity index (χ1) is 11.5. The second-order valence-electron chi connectivity index (χ2n) is 7.95. The quantitative estimate of drug-likeness (QED) is 0.849. The van der Waals surface area contributed by atoms with Crippen molar-refractivity contribution in [3.05, 3.63) is 17.5 Å². The number of ether oxygens (including phenoxy) is 1. The van der Waals surface area contributed by atoms with E-state index >= 15 is 0 Å². The monoisotopic (exact) mass is 333 g/mol. The number of carbonyl (C=O) groups is 1. The molecular weight excluding hydrogens is 302 g/mol. The number of hydrogen-bond acceptors (Lipinski definition) is 3. The van der Waals surface area contributed by atoms with Crippen LogP contribution in [-0.4, -0.2) is 46.9 Å². The number of amides is 1. The van der Waals surface area contributed by atoms with Crippen molar-refractivity contribution in [2.75, 3.05) is 26.3 Å². The van der Waals surface area contributed by atoms with Crippen molar-refractivity contribution in [1.82, 2.24) is 14.7 Å². The largest absolute Gasteiger partial charge is 0.381 e. The van der Waals surface area contributed by atoms with Crippen molar-refractivity contribution >= 4 is 5.91 Å². The standard InChI is InChI=1S/C19H31N3O2/c1-15(2)4-9-22-16(3)17(14-20-22)18(23)21-10-5-19(6-11-21)7-12-24-13-8-19/h14-15H,4-13H2,1-3H3. The average molecular weight is 333 g/mol. The molecule has 1 amide bonds. The molecule has 2 fully saturated rings. The van der Waals surface area contributed by atoms with Gasteiger partial charge >= 0.3 is 0 Å². The van der Waals surface area contributed by atoms with Gasteiger partial charge in [0, 0.05) is 38.5 Å². The van der Waals surface area contributed by atoms with Crippen LogP contribution in [0.15, 0.2) is 6.20 Å². The Labute approximate surface area is 145 Å². The fraction of sp³-hybridized carbons (Fsp3) is 0.789. The summed E-state index contributed by atoms with van der Waals surface area (Å²) in [5.41, 5.74) is 2.21. The summed E-state index contributed by atoms with van der Waals surface area (Å²) < 4.78 is 7.49. The summed E-state index contributed by atoms with van der Waals surface area (Å²) in [6.45, 7) is 10.8. The van der Waals surface area contributed by atoms with Gasteiger partial charge in [-0.2, -0.15) is 5.10 Å². The van der Waals surface area contributed by atoms with E-state index in [1.165, 1.54) is 0 Å². The molecule has 0 radical (unpaired) electrons. The van der Waals surface area contributed by atoms with Crippen LogP contribution >= 0.6 is 0 Å². The topological polar surface area (TPSA) is 47.4 Å². The van der Waals surface area contributed by atoms with Gasteiger partial charge in [-0.05, 0) is 50.4 Å². The predicted molar refractivity (Wildman–Crippen MR) is 94.0 cm³/mol. The van der Waals surface area contributed by atoms with Crippen molar-refractivity contribution in [3.8, 4) is 0 Å². The molecule has 5 nitrogen and oxygen atoms in total. The first-order valence-electron chi connectivity index (χ1n) is 9.40. The lowest BCUT2D eigenvalue weighted by atomic mass is 9.72. The summed E-state index contributed by atoms with van der Waals surface area (Å²) in [7, 11) is 0. The van der Waals surface area contributed by atoms with Crippen LogP contribution in [0.2, 0.25) is 0 Å². The highest BCUT2D eigenvalue weighted by Crippen LogP contribution is 2.40. The van der Waals surface area contributed by atoms with E-state index in [-0.39, 0.29) is 5.91 Å². The molecule has 3 rings (SSSR count). The Kier molecular flexibility index (Phi) is 5.28. The van der Waals surface area contributed by atoms with Crippen molar-refractivity contribution in [3.63, 3.8) is 0 Å². The van der Waals surface area contributed by atoms with Gasteiger partial charge in [-0.3, -0.25) is 9.48 Å². The Morgan fingerprint density at radius 1 is 1.25 bits per heavy atom. The fourth-order valence-corrected chi connectivity index (χ4v) is 3.92. The molecule has 2 saturated heterocycles. The average Bonchev–Trinajstić information content (AvgIpc) is 2.94. The zero-order valence-electron chi connectivity index (χ0n) is 15.4. The van der Waals surface area contributed by atoms with E-state index in [9.17, 15) is 4.79 Å². The summed E-state index contributed by atoms with van der Waals surface area (Å²) in [6.07, 6.45) is 7.38. The normalized spacial score (nSPS) is 20.8. The molecule has 0 N–H and O–H groups in total. The third-order valence-corrected chi connectivity index (χ3v) is 5.92. The highest BCUT2D eigenvalue weighted by Gasteiger charge is 2.37. The molecule has 1 aromatic heterocycles. The van der Waals surface area contributed by atoms with E-state index in [1.807, 2.05) is 16.5 Å². The van der Waals surface area contributed by atoms with Crippen molar-refractivity contribution in [2.45, 2.75) is 59.4 Å². The van der Waals surface area contributed by atoms with Gasteiger partial charge in [0.15, 0.2) is 0 Å². The highest BCUT2D eigenvalue weighted by atomic mass is 16.5. The lowest BCUT2D eigenvalue weighted by Gasteiger charge is -2.44. The second kappa shape index (κ2) is 7.26. The summed E-state index contributed by atoms with van der Waals surface area (Å²) in [4.78, 5) is 14.9. The van der Waals surface area contributed by atoms with Gasteiger partial charge in [0.25, 0.3) is 5.91 Å². The maximum atomic E-state index is 12.9. The third kappa shape index (κ3) is 3.66. The van der Waals surface area contributed by atoms with Crippen LogP contribution in [0, 0.1) is 18.3 Å². The minimum absolute atomic E-state index is 0.158. The van der Waals surface area contributed by atoms with Crippen molar-refractivity contribution in [2.24, 2.45) is 11.3 Å². The number of aromatic nitrogens is 2. The first-order valence-corrected chi connectivity index (χ1v) is 9.40. The first kappa shape index (κ1) is 17.5. The number of rotatable bonds is 4. The Hall–Kier alpha value is -1.36. The zero-order chi connectivity index (χ0) is 17.2. The van der Waals surface area contributed by atoms with Gasteiger partial charge in [0.2, 0.25) is 0 Å². The number of piperidine rings is 1. The van der Waals surface area contributed by atoms with Crippen LogP contribution in [0.25, 0.3) is 0 Å². The molecule has 0 aliphatic carbocycles. The number of nitrogens with zero attached hydrogens (tertiary/aromatic N) is 3. The highest BCUT2D eigenvalue weighted by molar-refractivity contribution is 5.95. The molecule has 134 valence electrons. The van der Waals surface area contributed by atoms with Gasteiger partial charge in [0.1, 0.15) is 0 Å². The van der Waals surface area contributed by atoms with E-state index in [2.05, 4.69) is 18.9 Å². The number of aryl methyl sites for hydroxylation is 1. The molecule has 1 aromatic rings. The number of carbonyl (C=O) groups excluding carboxylic acids is 1. The third-order valence-electron chi connectivity index (χ3n) is 5.92. The van der Waals surface area contributed by atoms with Gasteiger partial charge < -0.3 is 9.64 Å². The number of hydrogen-bond donors (Lipinski definition) is 0. The van der Waals surface area contributed by atoms with Gasteiger partial charge in [0.05, 0.1) is 11.8 Å².